The Morgan fingerprint density at radius 3 is 2.75 bits per heavy atom. The smallest absolute Gasteiger partial charge is 0.328 e. The molecule has 3 N–H and O–H groups in total. The largest absolute Gasteiger partial charge is 0.480 e. The Labute approximate surface area is 94.3 Å². The first-order valence-corrected chi connectivity index (χ1v) is 5.31. The summed E-state index contributed by atoms with van der Waals surface area (Å²) in [6, 6.07) is -1.27. The molecule has 0 aromatic heterocycles. The van der Waals surface area contributed by atoms with Gasteiger partial charge in [-0.3, -0.25) is 4.79 Å². The van der Waals surface area contributed by atoms with Gasteiger partial charge >= 0.3 is 5.97 Å². The van der Waals surface area contributed by atoms with E-state index in [4.69, 9.17) is 9.84 Å². The summed E-state index contributed by atoms with van der Waals surface area (Å²) in [5.41, 5.74) is 0. The van der Waals surface area contributed by atoms with Gasteiger partial charge in [-0.05, 0) is 18.9 Å². The highest BCUT2D eigenvalue weighted by Gasteiger charge is 2.31. The highest BCUT2D eigenvalue weighted by atomic mass is 16.5. The van der Waals surface area contributed by atoms with E-state index in [0.717, 1.165) is 13.0 Å². The third-order valence-electron chi connectivity index (χ3n) is 2.76. The molecule has 0 aliphatic carbocycles. The van der Waals surface area contributed by atoms with Crippen molar-refractivity contribution < 1.29 is 19.4 Å². The number of ether oxygens (including phenoxy) is 1. The van der Waals surface area contributed by atoms with E-state index in [-0.39, 0.29) is 24.5 Å². The van der Waals surface area contributed by atoms with Crippen molar-refractivity contribution in [2.24, 2.45) is 5.92 Å². The van der Waals surface area contributed by atoms with E-state index in [9.17, 15) is 9.59 Å². The summed E-state index contributed by atoms with van der Waals surface area (Å²) < 4.78 is 4.74. The molecule has 1 fully saturated rings. The highest BCUT2D eigenvalue weighted by molar-refractivity contribution is 5.87. The van der Waals surface area contributed by atoms with Crippen molar-refractivity contribution in [1.82, 2.24) is 10.6 Å². The number of carbonyl (C=O) groups is 2. The minimum atomic E-state index is -1.08. The lowest BCUT2D eigenvalue weighted by molar-refractivity contribution is -0.143. The van der Waals surface area contributed by atoms with Crippen molar-refractivity contribution in [2.45, 2.75) is 25.4 Å². The Balaban J connectivity index is 2.50. The van der Waals surface area contributed by atoms with Crippen molar-refractivity contribution in [2.75, 3.05) is 20.3 Å². The fraction of sp³-hybridized carbons (Fsp3) is 0.800. The van der Waals surface area contributed by atoms with Crippen LogP contribution in [-0.2, 0) is 14.3 Å². The molecule has 92 valence electrons. The molecule has 0 saturated carbocycles. The predicted molar refractivity (Wildman–Crippen MR) is 57.0 cm³/mol. The van der Waals surface area contributed by atoms with E-state index in [1.807, 2.05) is 6.92 Å². The van der Waals surface area contributed by atoms with Crippen molar-refractivity contribution in [3.63, 3.8) is 0 Å². The SMILES string of the molecule is COCC(NC(=O)C1NCCC1C)C(=O)O. The summed E-state index contributed by atoms with van der Waals surface area (Å²) >= 11 is 0. The van der Waals surface area contributed by atoms with Crippen molar-refractivity contribution in [3.8, 4) is 0 Å². The normalized spacial score (nSPS) is 26.4. The van der Waals surface area contributed by atoms with E-state index in [1.54, 1.807) is 0 Å². The zero-order valence-corrected chi connectivity index (χ0v) is 9.53. The van der Waals surface area contributed by atoms with Crippen LogP contribution in [0.5, 0.6) is 0 Å². The van der Waals surface area contributed by atoms with Crippen LogP contribution in [0, 0.1) is 5.92 Å². The molecule has 3 unspecified atom stereocenters. The van der Waals surface area contributed by atoms with Crippen LogP contribution >= 0.6 is 0 Å². The predicted octanol–water partition coefficient (Wildman–Crippen LogP) is -0.800. The average Bonchev–Trinajstić information content (AvgIpc) is 2.63. The number of hydrogen-bond acceptors (Lipinski definition) is 4. The van der Waals surface area contributed by atoms with Crippen LogP contribution in [0.25, 0.3) is 0 Å². The molecule has 0 bridgehead atoms. The van der Waals surface area contributed by atoms with Gasteiger partial charge in [0, 0.05) is 7.11 Å². The molecule has 0 radical (unpaired) electrons. The van der Waals surface area contributed by atoms with Crippen molar-refractivity contribution >= 4 is 11.9 Å². The molecular weight excluding hydrogens is 212 g/mol. The first kappa shape index (κ1) is 12.9. The minimum Gasteiger partial charge on any atom is -0.480 e. The van der Waals surface area contributed by atoms with E-state index in [2.05, 4.69) is 10.6 Å². The zero-order valence-electron chi connectivity index (χ0n) is 9.53. The second-order valence-electron chi connectivity index (χ2n) is 4.05. The summed E-state index contributed by atoms with van der Waals surface area (Å²) in [4.78, 5) is 22.6. The topological polar surface area (TPSA) is 87.7 Å². The van der Waals surface area contributed by atoms with Crippen LogP contribution < -0.4 is 10.6 Å². The second-order valence-corrected chi connectivity index (χ2v) is 4.05. The Hall–Kier alpha value is -1.14. The molecule has 1 aliphatic rings. The maximum absolute atomic E-state index is 11.8. The lowest BCUT2D eigenvalue weighted by atomic mass is 10.0. The number of carbonyl (C=O) groups excluding carboxylic acids is 1. The number of carboxylic acid groups (broad SMARTS) is 1. The van der Waals surface area contributed by atoms with Gasteiger partial charge in [0.1, 0.15) is 0 Å². The molecule has 0 aromatic carbocycles. The summed E-state index contributed by atoms with van der Waals surface area (Å²) in [6.45, 7) is 2.74. The number of methoxy groups -OCH3 is 1. The molecule has 1 saturated heterocycles. The molecule has 6 heteroatoms. The van der Waals surface area contributed by atoms with Crippen molar-refractivity contribution in [3.05, 3.63) is 0 Å². The van der Waals surface area contributed by atoms with Gasteiger partial charge in [0.2, 0.25) is 5.91 Å². The summed E-state index contributed by atoms with van der Waals surface area (Å²) in [6.07, 6.45) is 0.931. The Morgan fingerprint density at radius 2 is 2.31 bits per heavy atom. The number of amides is 1. The summed E-state index contributed by atoms with van der Waals surface area (Å²) in [5.74, 6) is -1.12. The number of aliphatic carboxylic acids is 1. The van der Waals surface area contributed by atoms with Crippen LogP contribution in [0.3, 0.4) is 0 Å². The number of nitrogens with one attached hydrogen (secondary N) is 2. The van der Waals surface area contributed by atoms with Crippen molar-refractivity contribution in [1.29, 1.82) is 0 Å². The van der Waals surface area contributed by atoms with E-state index >= 15 is 0 Å². The Bertz CT molecular complexity index is 270. The molecule has 6 nitrogen and oxygen atoms in total. The third-order valence-corrected chi connectivity index (χ3v) is 2.76. The first-order valence-electron chi connectivity index (χ1n) is 5.31. The maximum Gasteiger partial charge on any atom is 0.328 e. The monoisotopic (exact) mass is 230 g/mol. The van der Waals surface area contributed by atoms with E-state index < -0.39 is 12.0 Å². The summed E-state index contributed by atoms with van der Waals surface area (Å²) in [7, 11) is 1.40. The molecule has 1 heterocycles. The Kier molecular flexibility index (Phi) is 4.70. The maximum atomic E-state index is 11.8. The average molecular weight is 230 g/mol. The molecule has 1 aliphatic heterocycles. The molecule has 0 aromatic rings. The number of hydrogen-bond donors (Lipinski definition) is 3. The third kappa shape index (κ3) is 3.18. The lowest BCUT2D eigenvalue weighted by Gasteiger charge is -2.19. The van der Waals surface area contributed by atoms with Gasteiger partial charge in [-0.25, -0.2) is 4.79 Å². The van der Waals surface area contributed by atoms with E-state index in [1.165, 1.54) is 7.11 Å². The highest BCUT2D eigenvalue weighted by Crippen LogP contribution is 2.14. The minimum absolute atomic E-state index is 0.0256. The van der Waals surface area contributed by atoms with Crippen LogP contribution in [0.1, 0.15) is 13.3 Å². The lowest BCUT2D eigenvalue weighted by Crippen LogP contribution is -2.51. The van der Waals surface area contributed by atoms with Crippen LogP contribution in [0.4, 0.5) is 0 Å². The molecule has 16 heavy (non-hydrogen) atoms. The Morgan fingerprint density at radius 1 is 1.62 bits per heavy atom. The van der Waals surface area contributed by atoms with Crippen LogP contribution in [-0.4, -0.2) is 49.3 Å². The van der Waals surface area contributed by atoms with Gasteiger partial charge < -0.3 is 20.5 Å². The molecule has 3 atom stereocenters. The van der Waals surface area contributed by atoms with Crippen LogP contribution in [0.15, 0.2) is 0 Å². The molecule has 1 amide bonds. The molecule has 0 spiro atoms. The first-order chi connectivity index (χ1) is 7.56. The fourth-order valence-corrected chi connectivity index (χ4v) is 1.79. The number of rotatable bonds is 5. The quantitative estimate of drug-likeness (QED) is 0.575. The molecular formula is C10H18N2O4. The van der Waals surface area contributed by atoms with Gasteiger partial charge in [-0.1, -0.05) is 6.92 Å². The van der Waals surface area contributed by atoms with Gasteiger partial charge in [0.15, 0.2) is 6.04 Å². The van der Waals surface area contributed by atoms with Gasteiger partial charge in [-0.2, -0.15) is 0 Å². The fourth-order valence-electron chi connectivity index (χ4n) is 1.79. The van der Waals surface area contributed by atoms with Gasteiger partial charge in [0.25, 0.3) is 0 Å². The zero-order chi connectivity index (χ0) is 12.1. The second kappa shape index (κ2) is 5.81. The molecule has 1 rings (SSSR count). The van der Waals surface area contributed by atoms with Gasteiger partial charge in [0.05, 0.1) is 12.6 Å². The standard InChI is InChI=1S/C10H18N2O4/c1-6-3-4-11-8(6)9(13)12-7(5-16-2)10(14)15/h6-8,11H,3-5H2,1-2H3,(H,12,13)(H,14,15). The van der Waals surface area contributed by atoms with Gasteiger partial charge in [-0.15, -0.1) is 0 Å². The number of carboxylic acids is 1. The van der Waals surface area contributed by atoms with Crippen LogP contribution in [0.2, 0.25) is 0 Å². The summed E-state index contributed by atoms with van der Waals surface area (Å²) in [5, 5.41) is 14.4. The van der Waals surface area contributed by atoms with E-state index in [0.29, 0.717) is 0 Å².